The van der Waals surface area contributed by atoms with Crippen LogP contribution in [-0.2, 0) is 47.6 Å². The third-order valence-electron chi connectivity index (χ3n) is 0. The Bertz CT molecular complexity index is 654. The topological polar surface area (TPSA) is 511 Å². The molecule has 40 heavy (non-hydrogen) atoms. The molecule has 0 saturated carbocycles. The van der Waals surface area contributed by atoms with Crippen LogP contribution in [0.25, 0.3) is 0 Å². The minimum absolute atomic E-state index is 0. The summed E-state index contributed by atoms with van der Waals surface area (Å²) in [6.07, 6.45) is 0. The first-order chi connectivity index (χ1) is 14.3. The van der Waals surface area contributed by atoms with Crippen LogP contribution in [0.3, 0.4) is 0 Å². The van der Waals surface area contributed by atoms with E-state index >= 15 is 0 Å². The molecule has 0 fully saturated rings. The van der Waals surface area contributed by atoms with Gasteiger partial charge >= 0.3 is 224 Å². The summed E-state index contributed by atoms with van der Waals surface area (Å²) in [5.74, 6) is 0. The molecular formula is H10Na6O26S2Si6. The van der Waals surface area contributed by atoms with Crippen LogP contribution >= 0.6 is 0 Å². The molecule has 0 heterocycles. The molecule has 0 aliphatic heterocycles. The summed E-state index contributed by atoms with van der Waals surface area (Å²) in [4.78, 5) is 92.7. The average molecular weight is 797 g/mol. The van der Waals surface area contributed by atoms with Gasteiger partial charge in [0.15, 0.2) is 0 Å². The van der Waals surface area contributed by atoms with Gasteiger partial charge < -0.3 is 75.6 Å². The fourth-order valence-corrected chi connectivity index (χ4v) is 0. The summed E-state index contributed by atoms with van der Waals surface area (Å²) in [5.41, 5.74) is 0. The van der Waals surface area contributed by atoms with Crippen molar-refractivity contribution in [3.05, 3.63) is 0 Å². The van der Waals surface area contributed by atoms with Gasteiger partial charge in [-0.3, -0.25) is 35.4 Å². The minimum atomic E-state index is -5.17. The largest absolute Gasteiger partial charge is 1.00 e. The zero-order chi connectivity index (χ0) is 30.6. The molecular weight excluding hydrogens is 787 g/mol. The van der Waals surface area contributed by atoms with E-state index in [1.807, 2.05) is 0 Å². The third kappa shape index (κ3) is 3340. The Balaban J connectivity index is -0.0000000159. The van der Waals surface area contributed by atoms with Crippen LogP contribution in [0, 0.1) is 0 Å². The van der Waals surface area contributed by atoms with E-state index in [9.17, 15) is 0 Å². The molecule has 10 N–H and O–H groups in total. The van der Waals surface area contributed by atoms with Gasteiger partial charge in [-0.25, -0.2) is 0 Å². The van der Waals surface area contributed by atoms with Crippen LogP contribution in [-0.4, -0.2) is 128 Å². The van der Waals surface area contributed by atoms with E-state index in [1.54, 1.807) is 0 Å². The molecule has 0 aromatic carbocycles. The van der Waals surface area contributed by atoms with Crippen molar-refractivity contribution in [1.82, 2.24) is 0 Å². The van der Waals surface area contributed by atoms with Gasteiger partial charge in [-0.05, 0) is 0 Å². The number of hydrogen-bond donors (Lipinski definition) is 10. The summed E-state index contributed by atoms with van der Waals surface area (Å²) < 4.78 is 116. The molecule has 26 nitrogen and oxygen atoms in total. The average Bonchev–Trinajstić information content (AvgIpc) is 2.28. The van der Waals surface area contributed by atoms with Gasteiger partial charge in [0.05, 0.1) is 0 Å². The molecule has 0 spiro atoms. The molecule has 0 aromatic rings. The molecule has 0 rings (SSSR count). The predicted octanol–water partition coefficient (Wildman–Crippen LogP) is -32.2. The van der Waals surface area contributed by atoms with Crippen LogP contribution < -0.4 is 197 Å². The Kier molecular flexibility index (Phi) is 134. The van der Waals surface area contributed by atoms with E-state index in [0.29, 0.717) is 0 Å². The predicted molar refractivity (Wildman–Crippen MR) is 81.0 cm³/mol. The van der Waals surface area contributed by atoms with Crippen molar-refractivity contribution in [2.75, 3.05) is 0 Å². The molecule has 0 aliphatic carbocycles. The smallest absolute Gasteiger partial charge is 0.759 e. The second-order valence-electron chi connectivity index (χ2n) is 2.72. The molecule has 208 valence electrons. The monoisotopic (exact) mass is 796 g/mol. The normalized spacial score (nSPS) is 7.50. The van der Waals surface area contributed by atoms with Crippen molar-refractivity contribution >= 4 is 75.8 Å². The van der Waals surface area contributed by atoms with Gasteiger partial charge in [-0.2, -0.15) is 8.42 Å². The van der Waals surface area contributed by atoms with Gasteiger partial charge in [0.25, 0.3) is 0 Å². The molecule has 0 saturated heterocycles. The van der Waals surface area contributed by atoms with Crippen LogP contribution in [0.1, 0.15) is 0 Å². The SMILES string of the molecule is O=S(=O)(O)O.O=S(=O)([O-])[O-].O=[Si]([O-])[O-].O=[Si]([O-])[O-].O=[Si]=O.O=[Si]=O.O[Si](O)(O)O.O[Si](O)(O)O.[Na+].[Na+].[Na+].[Na+].[Na+].[Na+]. The maximum Gasteiger partial charge on any atom is 1.00 e. The maximum absolute atomic E-state index is 8.74. The van der Waals surface area contributed by atoms with Gasteiger partial charge in [-0.1, -0.05) is 0 Å². The van der Waals surface area contributed by atoms with E-state index < -0.39 is 75.8 Å². The van der Waals surface area contributed by atoms with Crippen molar-refractivity contribution in [1.29, 1.82) is 0 Å². The van der Waals surface area contributed by atoms with E-state index in [0.717, 1.165) is 0 Å². The van der Waals surface area contributed by atoms with Crippen molar-refractivity contribution < 1.29 is 297 Å². The van der Waals surface area contributed by atoms with Crippen LogP contribution in [0.2, 0.25) is 0 Å². The van der Waals surface area contributed by atoms with Gasteiger partial charge in [-0.15, -0.1) is 0 Å². The zero-order valence-corrected chi connectivity index (χ0v) is 40.5. The van der Waals surface area contributed by atoms with E-state index in [4.69, 9.17) is 119 Å². The first-order valence-electron chi connectivity index (χ1n) is 5.20. The van der Waals surface area contributed by atoms with E-state index in [-0.39, 0.29) is 177 Å². The molecule has 0 aliphatic rings. The van der Waals surface area contributed by atoms with Crippen molar-refractivity contribution in [2.24, 2.45) is 0 Å². The molecule has 0 bridgehead atoms. The van der Waals surface area contributed by atoms with Crippen molar-refractivity contribution in [2.45, 2.75) is 0 Å². The van der Waals surface area contributed by atoms with E-state index in [2.05, 4.69) is 0 Å². The Morgan fingerprint density at radius 1 is 0.500 bits per heavy atom. The Labute approximate surface area is 365 Å². The summed E-state index contributed by atoms with van der Waals surface area (Å²) in [5, 5.41) is 0. The molecule has 0 amide bonds. The molecule has 0 unspecified atom stereocenters. The summed E-state index contributed by atoms with van der Waals surface area (Å²) in [6, 6.07) is 0. The summed E-state index contributed by atoms with van der Waals surface area (Å²) in [7, 11) is -29.1. The maximum atomic E-state index is 8.74. The zero-order valence-electron chi connectivity index (χ0n) is 20.8. The molecule has 40 heteroatoms. The van der Waals surface area contributed by atoms with Gasteiger partial charge in [0.2, 0.25) is 0 Å². The number of rotatable bonds is 0. The first kappa shape index (κ1) is 90.6. The number of hydrogen-bond acceptors (Lipinski definition) is 24. The second-order valence-corrected chi connectivity index (χ2v) is 8.17. The standard InChI is InChI=1S/6Na.2H2O4S.2H4O4Si.2O3Si.2O2Si/c;;;;;;4*1-5(2,3)4;2*1-4(2)3;2*1-3-2/h;;;;;;2*(H2,1,2,3,4);2*1-4H;;;;/q6*+1;;;;;2*-2;;/p-2. The van der Waals surface area contributed by atoms with Crippen LogP contribution in [0.4, 0.5) is 0 Å². The summed E-state index contributed by atoms with van der Waals surface area (Å²) in [6.45, 7) is 0. The molecule has 0 atom stereocenters. The van der Waals surface area contributed by atoms with Crippen LogP contribution in [0.15, 0.2) is 0 Å². The molecule has 0 radical (unpaired) electrons. The van der Waals surface area contributed by atoms with Crippen molar-refractivity contribution in [3.8, 4) is 0 Å². The second kappa shape index (κ2) is 59.2. The summed E-state index contributed by atoms with van der Waals surface area (Å²) >= 11 is 0. The molecule has 0 aromatic heterocycles. The van der Waals surface area contributed by atoms with Gasteiger partial charge in [0.1, 0.15) is 0 Å². The Morgan fingerprint density at radius 3 is 0.500 bits per heavy atom. The minimum Gasteiger partial charge on any atom is -0.759 e. The van der Waals surface area contributed by atoms with E-state index in [1.165, 1.54) is 0 Å². The van der Waals surface area contributed by atoms with Crippen LogP contribution in [0.5, 0.6) is 0 Å². The fourth-order valence-electron chi connectivity index (χ4n) is 0. The first-order valence-corrected chi connectivity index (χ1v) is 15.6. The Hall–Kier alpha value is 4.72. The van der Waals surface area contributed by atoms with Crippen molar-refractivity contribution in [3.63, 3.8) is 0 Å². The van der Waals surface area contributed by atoms with Gasteiger partial charge in [0, 0.05) is 28.7 Å². The quantitative estimate of drug-likeness (QED) is 0.0618. The Morgan fingerprint density at radius 2 is 0.500 bits per heavy atom. The third-order valence-corrected chi connectivity index (χ3v) is 0. The fraction of sp³-hybridized carbons (Fsp3) is 0.